The van der Waals surface area contributed by atoms with Crippen LogP contribution in [0.15, 0.2) is 70.4 Å². The number of hydrogen-bond donors (Lipinski definition) is 0. The number of fused-ring (bicyclic) bond motifs is 1. The summed E-state index contributed by atoms with van der Waals surface area (Å²) < 4.78 is 34.0. The molecule has 0 saturated heterocycles. The van der Waals surface area contributed by atoms with Crippen LogP contribution in [0.25, 0.3) is 6.08 Å². The molecule has 6 heteroatoms. The maximum absolute atomic E-state index is 8.49. The molecule has 0 heterocycles. The van der Waals surface area contributed by atoms with E-state index in [0.717, 1.165) is 0 Å². The van der Waals surface area contributed by atoms with Crippen molar-refractivity contribution < 1.29 is 28.9 Å². The topological polar surface area (TPSA) is 95.5 Å². The van der Waals surface area contributed by atoms with E-state index in [-0.39, 0.29) is 0 Å². The number of allylic oxidation sites excluding steroid dienone is 9. The molecular weight excluding hydrogens is 402 g/mol. The largest absolute Gasteiger partial charge is 0.378 e. The van der Waals surface area contributed by atoms with Crippen molar-refractivity contribution in [2.75, 3.05) is 19.0 Å². The number of rotatable bonds is 3. The molecule has 3 rings (SSSR count). The van der Waals surface area contributed by atoms with Gasteiger partial charge in [-0.1, -0.05) is 26.0 Å². The van der Waals surface area contributed by atoms with Crippen molar-refractivity contribution in [2.45, 2.75) is 27.7 Å². The minimum atomic E-state index is -4.94. The van der Waals surface area contributed by atoms with Gasteiger partial charge in [-0.3, -0.25) is 0 Å². The van der Waals surface area contributed by atoms with E-state index in [0.29, 0.717) is 11.8 Å². The van der Waals surface area contributed by atoms with Crippen molar-refractivity contribution in [3.05, 3.63) is 82.0 Å². The molecule has 30 heavy (non-hydrogen) atoms. The van der Waals surface area contributed by atoms with Crippen molar-refractivity contribution in [1.29, 1.82) is 0 Å². The lowest BCUT2D eigenvalue weighted by Crippen LogP contribution is -2.68. The fourth-order valence-corrected chi connectivity index (χ4v) is 3.50. The van der Waals surface area contributed by atoms with Gasteiger partial charge in [0.15, 0.2) is 5.57 Å². The fraction of sp³-hybridized carbons (Fsp3) is 0.333. The lowest BCUT2D eigenvalue weighted by atomic mass is 9.90. The second kappa shape index (κ2) is 9.71. The average molecular weight is 430 g/mol. The van der Waals surface area contributed by atoms with Crippen molar-refractivity contribution >= 4 is 11.8 Å². The molecule has 1 aromatic carbocycles. The highest BCUT2D eigenvalue weighted by atomic mass is 35.7. The molecule has 0 aliphatic heterocycles. The van der Waals surface area contributed by atoms with E-state index in [2.05, 4.69) is 101 Å². The molecule has 2 aliphatic carbocycles. The predicted octanol–water partition coefficient (Wildman–Crippen LogP) is 1.23. The van der Waals surface area contributed by atoms with E-state index >= 15 is 0 Å². The lowest BCUT2D eigenvalue weighted by molar-refractivity contribution is -2.00. The van der Waals surface area contributed by atoms with E-state index in [9.17, 15) is 0 Å². The van der Waals surface area contributed by atoms with E-state index in [1.165, 1.54) is 39.1 Å². The Balaban J connectivity index is 0.000000575. The summed E-state index contributed by atoms with van der Waals surface area (Å²) in [6.45, 7) is 8.95. The van der Waals surface area contributed by atoms with E-state index in [1.807, 2.05) is 0 Å². The molecule has 0 radical (unpaired) electrons. The van der Waals surface area contributed by atoms with Crippen LogP contribution in [-0.4, -0.2) is 14.1 Å². The average Bonchev–Trinajstić information content (AvgIpc) is 2.80. The van der Waals surface area contributed by atoms with Crippen molar-refractivity contribution in [2.24, 2.45) is 11.8 Å². The van der Waals surface area contributed by atoms with Crippen LogP contribution in [0.1, 0.15) is 33.3 Å². The van der Waals surface area contributed by atoms with Gasteiger partial charge in [0, 0.05) is 37.0 Å². The summed E-state index contributed by atoms with van der Waals surface area (Å²) in [5.74, 6) is 0.905. The normalized spacial score (nSPS) is 19.6. The van der Waals surface area contributed by atoms with E-state index in [1.54, 1.807) is 0 Å². The number of halogens is 1. The van der Waals surface area contributed by atoms with Crippen LogP contribution in [0.2, 0.25) is 0 Å². The summed E-state index contributed by atoms with van der Waals surface area (Å²) in [6, 6.07) is 8.70. The lowest BCUT2D eigenvalue weighted by Gasteiger charge is -2.17. The predicted molar refractivity (Wildman–Crippen MR) is 109 cm³/mol. The summed E-state index contributed by atoms with van der Waals surface area (Å²) in [4.78, 5) is 2.12. The van der Waals surface area contributed by atoms with Crippen LogP contribution < -0.4 is 23.5 Å². The second-order valence-electron chi connectivity index (χ2n) is 7.96. The maximum atomic E-state index is 8.49. The van der Waals surface area contributed by atoms with Crippen LogP contribution in [0.4, 0.5) is 5.69 Å². The van der Waals surface area contributed by atoms with Gasteiger partial charge in [-0.25, -0.2) is 18.6 Å². The standard InChI is InChI=1S/C24H28N.ClHO4/c1-16(2)20-10-7-17(3)24-21(13-18(4)23(24)15-20)14-19-8-11-22(12-9-19)25(5)6;2-1(3,4)5/h7-12,14-16,23H,1-6H3;(H,2,3,4,5)/q+1;/p-1. The van der Waals surface area contributed by atoms with E-state index in [4.69, 9.17) is 18.6 Å². The molecule has 160 valence electrons. The molecule has 1 aromatic rings. The van der Waals surface area contributed by atoms with Gasteiger partial charge in [0.25, 0.3) is 0 Å². The van der Waals surface area contributed by atoms with Gasteiger partial charge in [0.05, 0.1) is 23.1 Å². The molecule has 5 nitrogen and oxygen atoms in total. The first kappa shape index (κ1) is 24.0. The monoisotopic (exact) mass is 429 g/mol. The van der Waals surface area contributed by atoms with Gasteiger partial charge in [-0.15, -0.1) is 10.2 Å². The molecule has 0 aromatic heterocycles. The maximum Gasteiger partial charge on any atom is 0.193 e. The highest BCUT2D eigenvalue weighted by molar-refractivity contribution is 5.69. The smallest absolute Gasteiger partial charge is 0.193 e. The SMILES string of the molecule is CC1=[C+]C(=Cc2ccc(N(C)C)cc2)C2=C(C)C=CC(C(C)C)=CC12.[O-][Cl+3]([O-])([O-])[O-]. The van der Waals surface area contributed by atoms with Gasteiger partial charge >= 0.3 is 0 Å². The Morgan fingerprint density at radius 3 is 2.07 bits per heavy atom. The first-order chi connectivity index (χ1) is 13.9. The Kier molecular flexibility index (Phi) is 7.78. The van der Waals surface area contributed by atoms with Crippen LogP contribution >= 0.6 is 0 Å². The number of hydrogen-bond acceptors (Lipinski definition) is 5. The fourth-order valence-electron chi connectivity index (χ4n) is 3.50. The Labute approximate surface area is 181 Å². The first-order valence-electron chi connectivity index (χ1n) is 9.69. The third kappa shape index (κ3) is 6.64. The van der Waals surface area contributed by atoms with Crippen LogP contribution in [0.3, 0.4) is 0 Å². The van der Waals surface area contributed by atoms with Gasteiger partial charge in [0.1, 0.15) is 0 Å². The van der Waals surface area contributed by atoms with Crippen LogP contribution in [0, 0.1) is 28.2 Å². The van der Waals surface area contributed by atoms with Gasteiger partial charge in [-0.2, -0.15) is 0 Å². The van der Waals surface area contributed by atoms with Crippen molar-refractivity contribution in [3.63, 3.8) is 0 Å². The Hall–Kier alpha value is -2.24. The minimum Gasteiger partial charge on any atom is -0.378 e. The summed E-state index contributed by atoms with van der Waals surface area (Å²) in [7, 11) is -0.806. The van der Waals surface area contributed by atoms with Crippen molar-refractivity contribution in [3.8, 4) is 0 Å². The molecule has 0 amide bonds. The zero-order valence-electron chi connectivity index (χ0n) is 18.2. The molecule has 0 N–H and O–H groups in total. The summed E-state index contributed by atoms with van der Waals surface area (Å²) in [6.07, 6.45) is 12.9. The van der Waals surface area contributed by atoms with Crippen molar-refractivity contribution in [1.82, 2.24) is 0 Å². The number of benzene rings is 1. The summed E-state index contributed by atoms with van der Waals surface area (Å²) >= 11 is 0. The zero-order valence-corrected chi connectivity index (χ0v) is 19.0. The molecule has 2 aliphatic rings. The van der Waals surface area contributed by atoms with E-state index < -0.39 is 10.2 Å². The quantitative estimate of drug-likeness (QED) is 0.673. The zero-order chi connectivity index (χ0) is 22.6. The molecule has 1 atom stereocenters. The second-order valence-corrected chi connectivity index (χ2v) is 8.71. The number of nitrogens with zero attached hydrogens (tertiary/aromatic N) is 1. The Morgan fingerprint density at radius 2 is 1.57 bits per heavy atom. The molecule has 0 bridgehead atoms. The van der Waals surface area contributed by atoms with Crippen LogP contribution in [-0.2, 0) is 0 Å². The highest BCUT2D eigenvalue weighted by Crippen LogP contribution is 2.41. The Bertz CT molecular complexity index is 908. The molecule has 0 fully saturated rings. The minimum absolute atomic E-state index is 0.361. The first-order valence-corrected chi connectivity index (χ1v) is 10.9. The van der Waals surface area contributed by atoms with Gasteiger partial charge in [0.2, 0.25) is 0 Å². The van der Waals surface area contributed by atoms with Gasteiger partial charge in [-0.05, 0) is 55.7 Å². The third-order valence-corrected chi connectivity index (χ3v) is 5.10. The molecule has 1 unspecified atom stereocenters. The third-order valence-electron chi connectivity index (χ3n) is 5.10. The Morgan fingerprint density at radius 1 is 1.00 bits per heavy atom. The summed E-state index contributed by atoms with van der Waals surface area (Å²) in [5, 5.41) is 0. The molecule has 0 saturated carbocycles. The highest BCUT2D eigenvalue weighted by Gasteiger charge is 2.36. The summed E-state index contributed by atoms with van der Waals surface area (Å²) in [5.41, 5.74) is 9.15. The molecule has 0 spiro atoms. The number of anilines is 1. The molecular formula is C24H28ClNO4. The van der Waals surface area contributed by atoms with Gasteiger partial charge < -0.3 is 4.90 Å². The van der Waals surface area contributed by atoms with Crippen LogP contribution in [0.5, 0.6) is 0 Å².